The van der Waals surface area contributed by atoms with E-state index in [-0.39, 0.29) is 11.3 Å². The van der Waals surface area contributed by atoms with Gasteiger partial charge in [-0.1, -0.05) is 11.6 Å². The lowest BCUT2D eigenvalue weighted by Crippen LogP contribution is -2.40. The highest BCUT2D eigenvalue weighted by Gasteiger charge is 2.34. The Kier molecular flexibility index (Phi) is 4.61. The Hall–Kier alpha value is -1.90. The fraction of sp³-hybridized carbons (Fsp3) is 0.167. The van der Waals surface area contributed by atoms with Crippen LogP contribution in [0.15, 0.2) is 41.7 Å². The monoisotopic (exact) mass is 329 g/mol. The smallest absolute Gasteiger partial charge is 0.262 e. The lowest BCUT2D eigenvalue weighted by molar-refractivity contribution is -0.128. The van der Waals surface area contributed by atoms with E-state index in [1.54, 1.807) is 0 Å². The van der Waals surface area contributed by atoms with Crippen LogP contribution < -0.4 is 5.48 Å². The summed E-state index contributed by atoms with van der Waals surface area (Å²) in [5.74, 6) is -1.01. The lowest BCUT2D eigenvalue weighted by atomic mass is 10.2. The average molecular weight is 330 g/mol. The van der Waals surface area contributed by atoms with Crippen LogP contribution in [0.2, 0.25) is 5.02 Å². The molecule has 7 nitrogen and oxygen atoms in total. The maximum atomic E-state index is 12.5. The molecule has 1 atom stereocenters. The molecular weight excluding hydrogens is 318 g/mol. The highest BCUT2D eigenvalue weighted by Crippen LogP contribution is 2.21. The number of carbonyl (C=O) groups is 1. The number of hydroxylamine groups is 1. The maximum absolute atomic E-state index is 12.5. The Bertz CT molecular complexity index is 713. The summed E-state index contributed by atoms with van der Waals surface area (Å²) in [6.45, 7) is 0. The van der Waals surface area contributed by atoms with Crippen LogP contribution in [0.4, 0.5) is 0 Å². The van der Waals surface area contributed by atoms with Gasteiger partial charge in [0.25, 0.3) is 5.91 Å². The van der Waals surface area contributed by atoms with Gasteiger partial charge >= 0.3 is 0 Å². The predicted octanol–water partition coefficient (Wildman–Crippen LogP) is 0.953. The summed E-state index contributed by atoms with van der Waals surface area (Å²) in [7, 11) is -3.98. The fourth-order valence-corrected chi connectivity index (χ4v) is 3.50. The first kappa shape index (κ1) is 15.5. The third-order valence-corrected chi connectivity index (χ3v) is 5.19. The van der Waals surface area contributed by atoms with Gasteiger partial charge in [0.15, 0.2) is 15.1 Å². The van der Waals surface area contributed by atoms with Gasteiger partial charge in [-0.2, -0.15) is 0 Å². The largest absolute Gasteiger partial charge is 0.348 e. The van der Waals surface area contributed by atoms with E-state index in [0.717, 1.165) is 0 Å². The van der Waals surface area contributed by atoms with Gasteiger partial charge in [-0.3, -0.25) is 10.0 Å². The van der Waals surface area contributed by atoms with E-state index in [0.29, 0.717) is 10.7 Å². The molecule has 1 amide bonds. The number of nitrogens with one attached hydrogen (secondary N) is 2. The highest BCUT2D eigenvalue weighted by atomic mass is 35.5. The minimum Gasteiger partial charge on any atom is -0.348 e. The molecule has 0 aliphatic rings. The molecule has 9 heteroatoms. The molecule has 0 aliphatic carbocycles. The van der Waals surface area contributed by atoms with Crippen LogP contribution in [0.3, 0.4) is 0 Å². The molecule has 0 spiro atoms. The van der Waals surface area contributed by atoms with E-state index in [1.165, 1.54) is 42.3 Å². The Balaban J connectivity index is 2.39. The van der Waals surface area contributed by atoms with Crippen molar-refractivity contribution in [1.82, 2.24) is 15.4 Å². The predicted molar refractivity (Wildman–Crippen MR) is 74.6 cm³/mol. The van der Waals surface area contributed by atoms with Gasteiger partial charge in [-0.15, -0.1) is 0 Å². The molecule has 1 unspecified atom stereocenters. The lowest BCUT2D eigenvalue weighted by Gasteiger charge is -2.15. The fourth-order valence-electron chi connectivity index (χ4n) is 1.80. The summed E-state index contributed by atoms with van der Waals surface area (Å²) >= 11 is 5.72. The molecule has 112 valence electrons. The van der Waals surface area contributed by atoms with Crippen molar-refractivity contribution in [3.8, 4) is 0 Å². The second kappa shape index (κ2) is 6.25. The van der Waals surface area contributed by atoms with Crippen molar-refractivity contribution in [2.24, 2.45) is 0 Å². The van der Waals surface area contributed by atoms with Crippen LogP contribution in [0.1, 0.15) is 5.69 Å². The van der Waals surface area contributed by atoms with Crippen molar-refractivity contribution < 1.29 is 18.4 Å². The van der Waals surface area contributed by atoms with Gasteiger partial charge < -0.3 is 4.98 Å². The number of halogens is 1. The van der Waals surface area contributed by atoms with Crippen LogP contribution in [0, 0.1) is 0 Å². The van der Waals surface area contributed by atoms with Gasteiger partial charge in [-0.25, -0.2) is 18.9 Å². The number of rotatable bonds is 5. The van der Waals surface area contributed by atoms with Crippen molar-refractivity contribution >= 4 is 27.3 Å². The molecule has 0 saturated heterocycles. The van der Waals surface area contributed by atoms with Crippen LogP contribution >= 0.6 is 11.6 Å². The topological polar surface area (TPSA) is 112 Å². The number of aromatic nitrogens is 2. The molecule has 1 heterocycles. The minimum absolute atomic E-state index is 0.0555. The normalized spacial score (nSPS) is 12.9. The first-order valence-electron chi connectivity index (χ1n) is 5.86. The number of aromatic amines is 1. The van der Waals surface area contributed by atoms with Crippen LogP contribution in [0.25, 0.3) is 0 Å². The van der Waals surface area contributed by atoms with E-state index in [4.69, 9.17) is 16.8 Å². The molecule has 21 heavy (non-hydrogen) atoms. The molecule has 1 aromatic heterocycles. The average Bonchev–Trinajstić information content (AvgIpc) is 2.97. The van der Waals surface area contributed by atoms with E-state index < -0.39 is 21.0 Å². The van der Waals surface area contributed by atoms with Crippen molar-refractivity contribution in [1.29, 1.82) is 0 Å². The molecule has 0 fully saturated rings. The second-order valence-electron chi connectivity index (χ2n) is 4.24. The molecule has 2 aromatic rings. The molecule has 0 saturated carbocycles. The summed E-state index contributed by atoms with van der Waals surface area (Å²) in [5.41, 5.74) is 1.85. The summed E-state index contributed by atoms with van der Waals surface area (Å²) < 4.78 is 25.0. The first-order chi connectivity index (χ1) is 9.95. The Morgan fingerprint density at radius 1 is 1.38 bits per heavy atom. The van der Waals surface area contributed by atoms with Gasteiger partial charge in [0, 0.05) is 23.3 Å². The molecular formula is C12H12ClN3O4S. The molecule has 0 aliphatic heterocycles. The summed E-state index contributed by atoms with van der Waals surface area (Å²) in [4.78, 5) is 18.2. The molecule has 3 N–H and O–H groups in total. The van der Waals surface area contributed by atoms with Crippen LogP contribution in [0.5, 0.6) is 0 Å². The number of sulfone groups is 1. The number of H-pyrrole nitrogens is 1. The van der Waals surface area contributed by atoms with E-state index in [2.05, 4.69) is 9.97 Å². The zero-order valence-corrected chi connectivity index (χ0v) is 12.2. The van der Waals surface area contributed by atoms with Crippen molar-refractivity contribution in [2.75, 3.05) is 0 Å². The second-order valence-corrected chi connectivity index (χ2v) is 6.81. The zero-order chi connectivity index (χ0) is 15.5. The number of carbonyl (C=O) groups excluding carboxylic acids is 1. The zero-order valence-electron chi connectivity index (χ0n) is 10.7. The molecule has 0 bridgehead atoms. The number of nitrogens with zero attached hydrogens (tertiary/aromatic N) is 1. The third kappa shape index (κ3) is 3.41. The van der Waals surface area contributed by atoms with Gasteiger partial charge in [0.2, 0.25) is 0 Å². The number of hydrogen-bond acceptors (Lipinski definition) is 5. The number of hydrogen-bond donors (Lipinski definition) is 3. The Morgan fingerprint density at radius 2 is 2.05 bits per heavy atom. The van der Waals surface area contributed by atoms with Crippen molar-refractivity contribution in [3.63, 3.8) is 0 Å². The first-order valence-corrected chi connectivity index (χ1v) is 7.78. The van der Waals surface area contributed by atoms with Crippen molar-refractivity contribution in [2.45, 2.75) is 16.6 Å². The van der Waals surface area contributed by atoms with Gasteiger partial charge in [-0.05, 0) is 24.3 Å². The summed E-state index contributed by atoms with van der Waals surface area (Å²) in [6, 6.07) is 5.45. The third-order valence-electron chi connectivity index (χ3n) is 2.88. The SMILES string of the molecule is O=C(NO)C(Cc1cnc[nH]1)S(=O)(=O)c1ccc(Cl)cc1. The number of amides is 1. The van der Waals surface area contributed by atoms with Crippen LogP contribution in [-0.4, -0.2) is 34.8 Å². The van der Waals surface area contributed by atoms with Crippen molar-refractivity contribution in [3.05, 3.63) is 47.5 Å². The van der Waals surface area contributed by atoms with Gasteiger partial charge in [0.1, 0.15) is 0 Å². The van der Waals surface area contributed by atoms with Crippen LogP contribution in [-0.2, 0) is 21.1 Å². The van der Waals surface area contributed by atoms with Gasteiger partial charge in [0.05, 0.1) is 11.2 Å². The Labute approximate surface area is 125 Å². The summed E-state index contributed by atoms with van der Waals surface area (Å²) in [5, 5.41) is 7.68. The molecule has 0 radical (unpaired) electrons. The molecule has 2 rings (SSSR count). The van der Waals surface area contributed by atoms with E-state index >= 15 is 0 Å². The van der Waals surface area contributed by atoms with E-state index in [9.17, 15) is 13.2 Å². The Morgan fingerprint density at radius 3 is 2.57 bits per heavy atom. The summed E-state index contributed by atoms with van der Waals surface area (Å²) in [6.07, 6.45) is 2.64. The number of benzene rings is 1. The minimum atomic E-state index is -3.98. The number of imidazole rings is 1. The highest BCUT2D eigenvalue weighted by molar-refractivity contribution is 7.92. The quantitative estimate of drug-likeness (QED) is 0.558. The maximum Gasteiger partial charge on any atom is 0.262 e. The molecule has 1 aromatic carbocycles. The van der Waals surface area contributed by atoms with E-state index in [1.807, 2.05) is 0 Å². The standard InChI is InChI=1S/C12H12ClN3O4S/c13-8-1-3-10(4-2-8)21(19,20)11(12(17)16-18)5-9-6-14-7-15-9/h1-4,6-7,11,18H,5H2,(H,14,15)(H,16,17).